The summed E-state index contributed by atoms with van der Waals surface area (Å²) in [4.78, 5) is 11.3. The molecule has 0 aliphatic heterocycles. The monoisotopic (exact) mass is 326 g/mol. The Hall–Kier alpha value is 1.03. The Morgan fingerprint density at radius 3 is 2.00 bits per heavy atom. The van der Waals surface area contributed by atoms with Crippen molar-refractivity contribution >= 4 is 5.97 Å². The van der Waals surface area contributed by atoms with E-state index in [9.17, 15) is 9.90 Å². The molecule has 0 atom stereocenters. The summed E-state index contributed by atoms with van der Waals surface area (Å²) in [6.45, 7) is 2.76. The molecule has 0 radical (unpaired) electrons. The van der Waals surface area contributed by atoms with Gasteiger partial charge in [-0.1, -0.05) is 58.3 Å². The van der Waals surface area contributed by atoms with Crippen LogP contribution in [-0.2, 0) is 14.3 Å². The van der Waals surface area contributed by atoms with Crippen molar-refractivity contribution < 1.29 is 70.8 Å². The average Bonchev–Trinajstić information content (AvgIpc) is 2.45. The van der Waals surface area contributed by atoms with Gasteiger partial charge in [-0.2, -0.15) is 0 Å². The van der Waals surface area contributed by atoms with Crippen LogP contribution in [0.2, 0.25) is 0 Å². The second-order valence-corrected chi connectivity index (χ2v) is 5.12. The molecule has 0 aliphatic carbocycles. The van der Waals surface area contributed by atoms with Crippen LogP contribution in [0.15, 0.2) is 0 Å². The first-order valence-corrected chi connectivity index (χ1v) is 8.12. The van der Waals surface area contributed by atoms with Crippen molar-refractivity contribution in [3.8, 4) is 0 Å². The van der Waals surface area contributed by atoms with Gasteiger partial charge in [0.2, 0.25) is 0 Å². The molecule has 0 aromatic heterocycles. The molecule has 21 heavy (non-hydrogen) atoms. The third-order valence-electron chi connectivity index (χ3n) is 3.20. The molecule has 0 N–H and O–H groups in total. The maximum Gasteiger partial charge on any atom is 1.00 e. The molecule has 0 saturated heterocycles. The standard InChI is InChI=1S/C16H31O4.K/c1-2-3-4-5-6-7-8-9-10-11-16(18)20-15-14-19-13-12-17;/h2-15H2,1H3;/q-1;+1. The first-order valence-electron chi connectivity index (χ1n) is 8.12. The van der Waals surface area contributed by atoms with Crippen LogP contribution in [0.5, 0.6) is 0 Å². The fourth-order valence-corrected chi connectivity index (χ4v) is 2.03. The molecule has 120 valence electrons. The van der Waals surface area contributed by atoms with Gasteiger partial charge in [-0.15, -0.1) is 6.61 Å². The Bertz CT molecular complexity index is 212. The zero-order chi connectivity index (χ0) is 14.9. The molecule has 0 amide bonds. The van der Waals surface area contributed by atoms with Gasteiger partial charge < -0.3 is 14.6 Å². The molecule has 0 aliphatic rings. The van der Waals surface area contributed by atoms with Crippen molar-refractivity contribution in [2.45, 2.75) is 71.1 Å². The topological polar surface area (TPSA) is 58.6 Å². The van der Waals surface area contributed by atoms with E-state index in [0.29, 0.717) is 13.0 Å². The largest absolute Gasteiger partial charge is 1.00 e. The Balaban J connectivity index is 0. The Kier molecular flexibility index (Phi) is 24.3. The van der Waals surface area contributed by atoms with Gasteiger partial charge in [-0.3, -0.25) is 4.79 Å². The van der Waals surface area contributed by atoms with Crippen molar-refractivity contribution in [1.29, 1.82) is 0 Å². The molecule has 0 fully saturated rings. The number of rotatable bonds is 15. The average molecular weight is 327 g/mol. The smallest absolute Gasteiger partial charge is 0.853 e. The maximum absolute atomic E-state index is 11.3. The molecular weight excluding hydrogens is 295 g/mol. The number of esters is 1. The second-order valence-electron chi connectivity index (χ2n) is 5.12. The molecule has 0 aromatic rings. The normalized spacial score (nSPS) is 10.2. The molecule has 0 unspecified atom stereocenters. The Morgan fingerprint density at radius 2 is 1.43 bits per heavy atom. The number of hydrogen-bond donors (Lipinski definition) is 0. The van der Waals surface area contributed by atoms with Gasteiger partial charge in [-0.05, 0) is 6.42 Å². The number of ether oxygens (including phenoxy) is 2. The predicted molar refractivity (Wildman–Crippen MR) is 78.5 cm³/mol. The predicted octanol–water partition coefficient (Wildman–Crippen LogP) is -0.169. The summed E-state index contributed by atoms with van der Waals surface area (Å²) in [7, 11) is 0. The van der Waals surface area contributed by atoms with E-state index in [2.05, 4.69) is 6.92 Å². The van der Waals surface area contributed by atoms with Crippen LogP contribution in [-0.4, -0.2) is 32.4 Å². The quantitative estimate of drug-likeness (QED) is 0.238. The number of carbonyl (C=O) groups excluding carboxylic acids is 1. The van der Waals surface area contributed by atoms with Crippen molar-refractivity contribution in [2.75, 3.05) is 26.4 Å². The van der Waals surface area contributed by atoms with Gasteiger partial charge in [0.05, 0.1) is 6.61 Å². The summed E-state index contributed by atoms with van der Waals surface area (Å²) in [6.07, 6.45) is 11.7. The molecule has 0 spiro atoms. The van der Waals surface area contributed by atoms with Crippen LogP contribution < -0.4 is 56.5 Å². The van der Waals surface area contributed by atoms with Crippen LogP contribution in [0.3, 0.4) is 0 Å². The fraction of sp³-hybridized carbons (Fsp3) is 0.938. The van der Waals surface area contributed by atoms with E-state index < -0.39 is 0 Å². The summed E-state index contributed by atoms with van der Waals surface area (Å²) >= 11 is 0. The third-order valence-corrected chi connectivity index (χ3v) is 3.20. The molecule has 0 aromatic carbocycles. The molecule has 0 heterocycles. The van der Waals surface area contributed by atoms with E-state index in [1.807, 2.05) is 0 Å². The van der Waals surface area contributed by atoms with E-state index in [1.165, 1.54) is 44.9 Å². The molecule has 4 nitrogen and oxygen atoms in total. The van der Waals surface area contributed by atoms with Crippen molar-refractivity contribution in [3.63, 3.8) is 0 Å². The second kappa shape index (κ2) is 21.0. The Morgan fingerprint density at radius 1 is 0.857 bits per heavy atom. The SMILES string of the molecule is CCCCCCCCCCCC(=O)OCCOCC[O-].[K+]. The van der Waals surface area contributed by atoms with Crippen LogP contribution in [0.4, 0.5) is 0 Å². The van der Waals surface area contributed by atoms with Crippen molar-refractivity contribution in [1.82, 2.24) is 0 Å². The minimum absolute atomic E-state index is 0. The minimum Gasteiger partial charge on any atom is -0.853 e. The van der Waals surface area contributed by atoms with Gasteiger partial charge in [0.1, 0.15) is 6.61 Å². The molecule has 0 rings (SSSR count). The van der Waals surface area contributed by atoms with Crippen LogP contribution in [0.25, 0.3) is 0 Å². The van der Waals surface area contributed by atoms with E-state index in [4.69, 9.17) is 9.47 Å². The van der Waals surface area contributed by atoms with E-state index in [0.717, 1.165) is 12.8 Å². The first kappa shape index (κ1) is 24.3. The Labute approximate surface area is 172 Å². The number of carbonyl (C=O) groups is 1. The summed E-state index contributed by atoms with van der Waals surface area (Å²) in [5, 5.41) is 10.1. The maximum atomic E-state index is 11.3. The number of unbranched alkanes of at least 4 members (excludes halogenated alkanes) is 8. The van der Waals surface area contributed by atoms with E-state index in [-0.39, 0.29) is 77.2 Å². The summed E-state index contributed by atoms with van der Waals surface area (Å²) in [5.74, 6) is -0.154. The molecule has 0 saturated carbocycles. The first-order chi connectivity index (χ1) is 9.81. The summed E-state index contributed by atoms with van der Waals surface area (Å²) < 4.78 is 9.94. The van der Waals surface area contributed by atoms with Crippen LogP contribution in [0.1, 0.15) is 71.1 Å². The van der Waals surface area contributed by atoms with Gasteiger partial charge in [0.25, 0.3) is 0 Å². The van der Waals surface area contributed by atoms with Gasteiger partial charge in [0.15, 0.2) is 0 Å². The van der Waals surface area contributed by atoms with Crippen molar-refractivity contribution in [3.05, 3.63) is 0 Å². The van der Waals surface area contributed by atoms with Gasteiger partial charge in [-0.25, -0.2) is 0 Å². The molecular formula is C16H31KO4. The van der Waals surface area contributed by atoms with E-state index in [1.54, 1.807) is 0 Å². The fourth-order valence-electron chi connectivity index (χ4n) is 2.03. The van der Waals surface area contributed by atoms with Crippen molar-refractivity contribution in [2.24, 2.45) is 0 Å². The van der Waals surface area contributed by atoms with Crippen LogP contribution in [0, 0.1) is 0 Å². The van der Waals surface area contributed by atoms with E-state index >= 15 is 0 Å². The number of hydrogen-bond acceptors (Lipinski definition) is 4. The molecule has 5 heteroatoms. The van der Waals surface area contributed by atoms with Gasteiger partial charge in [0, 0.05) is 13.0 Å². The van der Waals surface area contributed by atoms with Crippen LogP contribution >= 0.6 is 0 Å². The third kappa shape index (κ3) is 21.0. The molecule has 0 bridgehead atoms. The zero-order valence-corrected chi connectivity index (χ0v) is 17.2. The minimum atomic E-state index is -0.244. The summed E-state index contributed by atoms with van der Waals surface area (Å²) in [6, 6.07) is 0. The van der Waals surface area contributed by atoms with Gasteiger partial charge >= 0.3 is 57.4 Å². The zero-order valence-electron chi connectivity index (χ0n) is 14.0. The summed E-state index contributed by atoms with van der Waals surface area (Å²) in [5.41, 5.74) is 0.